The Morgan fingerprint density at radius 3 is 2.72 bits per heavy atom. The van der Waals surface area contributed by atoms with Crippen LogP contribution < -0.4 is 10.2 Å². The van der Waals surface area contributed by atoms with Gasteiger partial charge in [-0.2, -0.15) is 0 Å². The van der Waals surface area contributed by atoms with Crippen LogP contribution in [0.4, 0.5) is 5.69 Å². The van der Waals surface area contributed by atoms with Crippen molar-refractivity contribution in [3.63, 3.8) is 0 Å². The molecule has 1 aliphatic rings. The highest BCUT2D eigenvalue weighted by Crippen LogP contribution is 2.21. The Bertz CT molecular complexity index is 364. The molecule has 0 bridgehead atoms. The van der Waals surface area contributed by atoms with Crippen molar-refractivity contribution in [2.75, 3.05) is 45.2 Å². The van der Waals surface area contributed by atoms with E-state index >= 15 is 0 Å². The Kier molecular flexibility index (Phi) is 5.03. The molecule has 0 aliphatic carbocycles. The Morgan fingerprint density at radius 1 is 1.33 bits per heavy atom. The summed E-state index contributed by atoms with van der Waals surface area (Å²) in [6.45, 7) is 4.40. The second-order valence-corrected chi connectivity index (χ2v) is 6.06. The van der Waals surface area contributed by atoms with Crippen molar-refractivity contribution in [2.24, 2.45) is 0 Å². The van der Waals surface area contributed by atoms with Gasteiger partial charge in [-0.3, -0.25) is 0 Å². The minimum absolute atomic E-state index is 0.545. The van der Waals surface area contributed by atoms with Crippen molar-refractivity contribution < 1.29 is 0 Å². The van der Waals surface area contributed by atoms with Crippen LogP contribution in [0.15, 0.2) is 28.7 Å². The molecule has 0 amide bonds. The average Bonchev–Trinajstić information content (AvgIpc) is 2.55. The van der Waals surface area contributed by atoms with Crippen LogP contribution >= 0.6 is 15.9 Å². The molecule has 0 aromatic heterocycles. The molecule has 1 N–H and O–H groups in total. The Hall–Kier alpha value is -0.580. The molecule has 2 rings (SSSR count). The molecule has 3 nitrogen and oxygen atoms in total. The minimum Gasteiger partial charge on any atom is -0.366 e. The summed E-state index contributed by atoms with van der Waals surface area (Å²) in [6.07, 6.45) is 1.21. The molecule has 100 valence electrons. The maximum Gasteiger partial charge on any atom is 0.0541 e. The standard InChI is InChI=1S/C14H22BrN3/c1-17(2)11-14-10-16-8-3-9-18(14)13-6-4-12(15)5-7-13/h4-7,14,16H,3,8-11H2,1-2H3. The molecule has 0 radical (unpaired) electrons. The molecule has 1 aliphatic heterocycles. The highest BCUT2D eigenvalue weighted by molar-refractivity contribution is 9.10. The first-order valence-electron chi connectivity index (χ1n) is 6.54. The summed E-state index contributed by atoms with van der Waals surface area (Å²) in [5.41, 5.74) is 1.33. The van der Waals surface area contributed by atoms with Gasteiger partial charge in [-0.25, -0.2) is 0 Å². The van der Waals surface area contributed by atoms with Crippen LogP contribution in [0.5, 0.6) is 0 Å². The van der Waals surface area contributed by atoms with Gasteiger partial charge < -0.3 is 15.1 Å². The van der Waals surface area contributed by atoms with Gasteiger partial charge in [-0.1, -0.05) is 15.9 Å². The lowest BCUT2D eigenvalue weighted by molar-refractivity contribution is 0.361. The van der Waals surface area contributed by atoms with Gasteiger partial charge in [0, 0.05) is 29.8 Å². The quantitative estimate of drug-likeness (QED) is 0.923. The highest BCUT2D eigenvalue weighted by atomic mass is 79.9. The number of nitrogens with one attached hydrogen (secondary N) is 1. The largest absolute Gasteiger partial charge is 0.366 e. The number of anilines is 1. The molecule has 1 unspecified atom stereocenters. The van der Waals surface area contributed by atoms with Crippen molar-refractivity contribution in [2.45, 2.75) is 12.5 Å². The molecule has 0 spiro atoms. The molecule has 1 heterocycles. The molecule has 18 heavy (non-hydrogen) atoms. The molecular formula is C14H22BrN3. The lowest BCUT2D eigenvalue weighted by Gasteiger charge is -2.33. The number of hydrogen-bond donors (Lipinski definition) is 1. The van der Waals surface area contributed by atoms with E-state index < -0.39 is 0 Å². The van der Waals surface area contributed by atoms with Gasteiger partial charge in [0.15, 0.2) is 0 Å². The first-order chi connectivity index (χ1) is 8.66. The summed E-state index contributed by atoms with van der Waals surface area (Å²) >= 11 is 3.50. The molecule has 1 aromatic carbocycles. The predicted molar refractivity (Wildman–Crippen MR) is 81.3 cm³/mol. The van der Waals surface area contributed by atoms with Gasteiger partial charge >= 0.3 is 0 Å². The van der Waals surface area contributed by atoms with E-state index in [0.29, 0.717) is 6.04 Å². The fraction of sp³-hybridized carbons (Fsp3) is 0.571. The first-order valence-corrected chi connectivity index (χ1v) is 7.34. The van der Waals surface area contributed by atoms with E-state index in [9.17, 15) is 0 Å². The average molecular weight is 312 g/mol. The fourth-order valence-corrected chi connectivity index (χ4v) is 2.76. The third-order valence-corrected chi connectivity index (χ3v) is 3.84. The van der Waals surface area contributed by atoms with E-state index in [1.807, 2.05) is 0 Å². The smallest absolute Gasteiger partial charge is 0.0541 e. The lowest BCUT2D eigenvalue weighted by atomic mass is 10.2. The van der Waals surface area contributed by atoms with Gasteiger partial charge in [0.05, 0.1) is 6.04 Å². The number of halogens is 1. The van der Waals surface area contributed by atoms with Crippen LogP contribution in [0.2, 0.25) is 0 Å². The first kappa shape index (κ1) is 13.8. The van der Waals surface area contributed by atoms with E-state index in [1.165, 1.54) is 12.1 Å². The van der Waals surface area contributed by atoms with E-state index in [1.54, 1.807) is 0 Å². The van der Waals surface area contributed by atoms with Crippen LogP contribution in [0, 0.1) is 0 Å². The summed E-state index contributed by atoms with van der Waals surface area (Å²) in [5, 5.41) is 3.54. The third-order valence-electron chi connectivity index (χ3n) is 3.31. The van der Waals surface area contributed by atoms with Crippen molar-refractivity contribution in [3.8, 4) is 0 Å². The molecule has 1 aromatic rings. The fourth-order valence-electron chi connectivity index (χ4n) is 2.49. The number of likely N-dealkylation sites (N-methyl/N-ethyl adjacent to an activating group) is 1. The summed E-state index contributed by atoms with van der Waals surface area (Å²) in [7, 11) is 4.29. The van der Waals surface area contributed by atoms with Crippen molar-refractivity contribution in [3.05, 3.63) is 28.7 Å². The zero-order valence-electron chi connectivity index (χ0n) is 11.2. The van der Waals surface area contributed by atoms with E-state index in [2.05, 4.69) is 69.4 Å². The van der Waals surface area contributed by atoms with Crippen LogP contribution in [0.3, 0.4) is 0 Å². The maximum absolute atomic E-state index is 3.54. The molecule has 1 fully saturated rings. The van der Waals surface area contributed by atoms with Crippen LogP contribution in [0.25, 0.3) is 0 Å². The van der Waals surface area contributed by atoms with E-state index in [-0.39, 0.29) is 0 Å². The van der Waals surface area contributed by atoms with E-state index in [0.717, 1.165) is 30.7 Å². The monoisotopic (exact) mass is 311 g/mol. The summed E-state index contributed by atoms with van der Waals surface area (Å²) < 4.78 is 1.14. The SMILES string of the molecule is CN(C)CC1CNCCCN1c1ccc(Br)cc1. The summed E-state index contributed by atoms with van der Waals surface area (Å²) in [4.78, 5) is 4.80. The van der Waals surface area contributed by atoms with Gasteiger partial charge in [0.2, 0.25) is 0 Å². The molecule has 1 saturated heterocycles. The highest BCUT2D eigenvalue weighted by Gasteiger charge is 2.21. The van der Waals surface area contributed by atoms with Gasteiger partial charge in [-0.15, -0.1) is 0 Å². The lowest BCUT2D eigenvalue weighted by Crippen LogP contribution is -2.46. The Labute approximate surface area is 118 Å². The second kappa shape index (κ2) is 6.55. The van der Waals surface area contributed by atoms with Gasteiger partial charge in [-0.05, 0) is 51.3 Å². The normalized spacial score (nSPS) is 21.1. The molecular weight excluding hydrogens is 290 g/mol. The zero-order chi connectivity index (χ0) is 13.0. The third kappa shape index (κ3) is 3.70. The maximum atomic E-state index is 3.54. The summed E-state index contributed by atoms with van der Waals surface area (Å²) in [6, 6.07) is 9.21. The van der Waals surface area contributed by atoms with E-state index in [4.69, 9.17) is 0 Å². The summed E-state index contributed by atoms with van der Waals surface area (Å²) in [5.74, 6) is 0. The van der Waals surface area contributed by atoms with Crippen LogP contribution in [-0.2, 0) is 0 Å². The van der Waals surface area contributed by atoms with Crippen LogP contribution in [0.1, 0.15) is 6.42 Å². The van der Waals surface area contributed by atoms with Crippen molar-refractivity contribution >= 4 is 21.6 Å². The zero-order valence-corrected chi connectivity index (χ0v) is 12.8. The van der Waals surface area contributed by atoms with Crippen molar-refractivity contribution in [1.29, 1.82) is 0 Å². The van der Waals surface area contributed by atoms with Crippen LogP contribution in [-0.4, -0.2) is 51.2 Å². The second-order valence-electron chi connectivity index (χ2n) is 5.14. The topological polar surface area (TPSA) is 18.5 Å². The van der Waals surface area contributed by atoms with Crippen molar-refractivity contribution in [1.82, 2.24) is 10.2 Å². The minimum atomic E-state index is 0.545. The Balaban J connectivity index is 2.16. The molecule has 0 saturated carbocycles. The number of rotatable bonds is 3. The number of benzene rings is 1. The molecule has 1 atom stereocenters. The predicted octanol–water partition coefficient (Wildman–Crippen LogP) is 2.18. The Morgan fingerprint density at radius 2 is 2.06 bits per heavy atom. The van der Waals surface area contributed by atoms with Gasteiger partial charge in [0.1, 0.15) is 0 Å². The number of nitrogens with zero attached hydrogens (tertiary/aromatic N) is 2. The molecule has 4 heteroatoms. The van der Waals surface area contributed by atoms with Gasteiger partial charge in [0.25, 0.3) is 0 Å². The number of hydrogen-bond acceptors (Lipinski definition) is 3.